The number of carbonyl (C=O) groups is 1. The molecular weight excluding hydrogens is 328 g/mol. The molecule has 3 rings (SSSR count). The Labute approximate surface area is 152 Å². The Bertz CT molecular complexity index is 829. The lowest BCUT2D eigenvalue weighted by atomic mass is 9.91. The molecule has 0 unspecified atom stereocenters. The lowest BCUT2D eigenvalue weighted by molar-refractivity contribution is -0.140. The Hall–Kier alpha value is -2.52. The molecule has 3 heteroatoms. The first kappa shape index (κ1) is 17.3. The molecule has 0 saturated heterocycles. The highest BCUT2D eigenvalue weighted by atomic mass is 32.2. The topological polar surface area (TPSA) is 37.3 Å². The Morgan fingerprint density at radius 3 is 2.00 bits per heavy atom. The number of aliphatic carboxylic acids is 1. The molecule has 0 saturated carbocycles. The van der Waals surface area contributed by atoms with E-state index in [0.29, 0.717) is 6.42 Å². The lowest BCUT2D eigenvalue weighted by Crippen LogP contribution is -2.34. The van der Waals surface area contributed by atoms with E-state index in [-0.39, 0.29) is 0 Å². The lowest BCUT2D eigenvalue weighted by Gasteiger charge is -2.30. The molecule has 0 aromatic heterocycles. The number of aryl methyl sites for hydroxylation is 1. The number of carboxylic acids is 1. The fourth-order valence-electron chi connectivity index (χ4n) is 2.84. The summed E-state index contributed by atoms with van der Waals surface area (Å²) in [5.41, 5.74) is 2.97. The van der Waals surface area contributed by atoms with Crippen molar-refractivity contribution in [2.45, 2.75) is 23.0 Å². The summed E-state index contributed by atoms with van der Waals surface area (Å²) in [5, 5.41) is 10.2. The summed E-state index contributed by atoms with van der Waals surface area (Å²) >= 11 is 1.40. The number of rotatable bonds is 6. The zero-order valence-electron chi connectivity index (χ0n) is 14.1. The van der Waals surface area contributed by atoms with E-state index in [1.54, 1.807) is 0 Å². The van der Waals surface area contributed by atoms with Gasteiger partial charge in [0, 0.05) is 11.3 Å². The highest BCUT2D eigenvalue weighted by molar-refractivity contribution is 8.01. The van der Waals surface area contributed by atoms with Crippen LogP contribution < -0.4 is 0 Å². The van der Waals surface area contributed by atoms with Crippen molar-refractivity contribution in [1.29, 1.82) is 0 Å². The zero-order chi connectivity index (χ0) is 17.7. The van der Waals surface area contributed by atoms with Gasteiger partial charge in [0.2, 0.25) is 0 Å². The van der Waals surface area contributed by atoms with E-state index in [2.05, 4.69) is 0 Å². The standard InChI is InChI=1S/C22H20O2S/c1-17-12-14-20(15-13-17)25-22(21(23)24,19-10-6-3-7-11-19)16-18-8-4-2-5-9-18/h2-15H,16H2,1H3,(H,23,24)/t22-/m0/s1. The van der Waals surface area contributed by atoms with E-state index in [1.807, 2.05) is 91.9 Å². The van der Waals surface area contributed by atoms with Crippen LogP contribution in [-0.4, -0.2) is 11.1 Å². The number of thioether (sulfide) groups is 1. The molecule has 0 aliphatic rings. The largest absolute Gasteiger partial charge is 0.480 e. The van der Waals surface area contributed by atoms with Gasteiger partial charge >= 0.3 is 5.97 Å². The summed E-state index contributed by atoms with van der Waals surface area (Å²) < 4.78 is -1.07. The summed E-state index contributed by atoms with van der Waals surface area (Å²) in [5.74, 6) is -0.826. The van der Waals surface area contributed by atoms with Crippen LogP contribution in [0.1, 0.15) is 16.7 Å². The van der Waals surface area contributed by atoms with E-state index in [0.717, 1.165) is 21.6 Å². The van der Waals surface area contributed by atoms with Crippen LogP contribution in [0.2, 0.25) is 0 Å². The van der Waals surface area contributed by atoms with Gasteiger partial charge in [-0.2, -0.15) is 0 Å². The van der Waals surface area contributed by atoms with E-state index in [9.17, 15) is 9.90 Å². The second kappa shape index (κ2) is 7.58. The Morgan fingerprint density at radius 1 is 0.880 bits per heavy atom. The first-order valence-electron chi connectivity index (χ1n) is 8.19. The minimum absolute atomic E-state index is 0.422. The molecule has 0 aliphatic heterocycles. The average Bonchev–Trinajstić information content (AvgIpc) is 2.64. The van der Waals surface area contributed by atoms with Crippen LogP contribution in [0, 0.1) is 6.92 Å². The molecule has 0 aliphatic carbocycles. The summed E-state index contributed by atoms with van der Waals surface area (Å²) in [7, 11) is 0. The monoisotopic (exact) mass is 348 g/mol. The molecule has 25 heavy (non-hydrogen) atoms. The molecule has 0 spiro atoms. The third-order valence-electron chi connectivity index (χ3n) is 4.19. The fourth-order valence-corrected chi connectivity index (χ4v) is 4.09. The third kappa shape index (κ3) is 3.94. The molecule has 1 N–H and O–H groups in total. The third-order valence-corrected chi connectivity index (χ3v) is 5.61. The predicted octanol–water partition coefficient (Wildman–Crippen LogP) is 5.31. The van der Waals surface area contributed by atoms with Crippen molar-refractivity contribution in [2.24, 2.45) is 0 Å². The summed E-state index contributed by atoms with van der Waals surface area (Å²) in [4.78, 5) is 13.4. The Balaban J connectivity index is 2.08. The van der Waals surface area contributed by atoms with Gasteiger partial charge in [-0.25, -0.2) is 0 Å². The smallest absolute Gasteiger partial charge is 0.325 e. The number of benzene rings is 3. The second-order valence-electron chi connectivity index (χ2n) is 6.08. The molecule has 3 aromatic carbocycles. The van der Waals surface area contributed by atoms with Gasteiger partial charge in [-0.15, -0.1) is 11.8 Å². The van der Waals surface area contributed by atoms with Gasteiger partial charge in [-0.1, -0.05) is 78.4 Å². The average molecular weight is 348 g/mol. The van der Waals surface area contributed by atoms with Crippen molar-refractivity contribution in [3.05, 3.63) is 102 Å². The van der Waals surface area contributed by atoms with Crippen molar-refractivity contribution >= 4 is 17.7 Å². The van der Waals surface area contributed by atoms with Crippen LogP contribution in [0.25, 0.3) is 0 Å². The molecule has 3 aromatic rings. The van der Waals surface area contributed by atoms with E-state index in [1.165, 1.54) is 11.8 Å². The zero-order valence-corrected chi connectivity index (χ0v) is 14.9. The van der Waals surface area contributed by atoms with Gasteiger partial charge in [0.05, 0.1) is 0 Å². The van der Waals surface area contributed by atoms with Gasteiger partial charge in [-0.3, -0.25) is 4.79 Å². The first-order valence-corrected chi connectivity index (χ1v) is 9.00. The minimum atomic E-state index is -1.07. The van der Waals surface area contributed by atoms with E-state index < -0.39 is 10.7 Å². The molecule has 1 atom stereocenters. The van der Waals surface area contributed by atoms with Crippen LogP contribution >= 0.6 is 11.8 Å². The van der Waals surface area contributed by atoms with Crippen LogP contribution in [0.15, 0.2) is 89.8 Å². The highest BCUT2D eigenvalue weighted by Crippen LogP contribution is 2.44. The quantitative estimate of drug-likeness (QED) is 0.613. The molecule has 0 radical (unpaired) electrons. The molecule has 0 fully saturated rings. The molecule has 126 valence electrons. The SMILES string of the molecule is Cc1ccc(S[C@](Cc2ccccc2)(C(=O)O)c2ccccc2)cc1. The Kier molecular flexibility index (Phi) is 5.25. The highest BCUT2D eigenvalue weighted by Gasteiger charge is 2.41. The summed E-state index contributed by atoms with van der Waals surface area (Å²) in [6.07, 6.45) is 0.422. The maximum absolute atomic E-state index is 12.5. The van der Waals surface area contributed by atoms with Crippen molar-refractivity contribution in [3.63, 3.8) is 0 Å². The van der Waals surface area contributed by atoms with Gasteiger partial charge in [0.1, 0.15) is 4.75 Å². The van der Waals surface area contributed by atoms with Gasteiger partial charge < -0.3 is 5.11 Å². The summed E-state index contributed by atoms with van der Waals surface area (Å²) in [6, 6.07) is 27.3. The fraction of sp³-hybridized carbons (Fsp3) is 0.136. The van der Waals surface area contributed by atoms with Gasteiger partial charge in [0.15, 0.2) is 0 Å². The van der Waals surface area contributed by atoms with E-state index in [4.69, 9.17) is 0 Å². The number of hydrogen-bond donors (Lipinski definition) is 1. The molecule has 0 amide bonds. The normalized spacial score (nSPS) is 13.2. The predicted molar refractivity (Wildman–Crippen MR) is 103 cm³/mol. The van der Waals surface area contributed by atoms with Crippen LogP contribution in [-0.2, 0) is 16.0 Å². The molecule has 0 bridgehead atoms. The van der Waals surface area contributed by atoms with Crippen LogP contribution in [0.4, 0.5) is 0 Å². The van der Waals surface area contributed by atoms with Gasteiger partial charge in [0.25, 0.3) is 0 Å². The van der Waals surface area contributed by atoms with Crippen LogP contribution in [0.3, 0.4) is 0 Å². The Morgan fingerprint density at radius 2 is 1.44 bits per heavy atom. The second-order valence-corrected chi connectivity index (χ2v) is 7.45. The maximum atomic E-state index is 12.5. The summed E-state index contributed by atoms with van der Waals surface area (Å²) in [6.45, 7) is 2.03. The maximum Gasteiger partial charge on any atom is 0.325 e. The van der Waals surface area contributed by atoms with Crippen molar-refractivity contribution in [3.8, 4) is 0 Å². The molecule has 0 heterocycles. The van der Waals surface area contributed by atoms with Crippen molar-refractivity contribution < 1.29 is 9.90 Å². The molecule has 2 nitrogen and oxygen atoms in total. The molecular formula is C22H20O2S. The van der Waals surface area contributed by atoms with Gasteiger partial charge in [-0.05, 0) is 30.2 Å². The van der Waals surface area contributed by atoms with Crippen molar-refractivity contribution in [2.75, 3.05) is 0 Å². The minimum Gasteiger partial charge on any atom is -0.480 e. The van der Waals surface area contributed by atoms with Crippen LogP contribution in [0.5, 0.6) is 0 Å². The van der Waals surface area contributed by atoms with Crippen molar-refractivity contribution in [1.82, 2.24) is 0 Å². The first-order chi connectivity index (χ1) is 12.1. The van der Waals surface area contributed by atoms with E-state index >= 15 is 0 Å². The number of carboxylic acid groups (broad SMARTS) is 1. The number of hydrogen-bond acceptors (Lipinski definition) is 2.